The van der Waals surface area contributed by atoms with Crippen molar-refractivity contribution in [2.45, 2.75) is 51.5 Å². The van der Waals surface area contributed by atoms with E-state index in [1.807, 2.05) is 25.1 Å². The summed E-state index contributed by atoms with van der Waals surface area (Å²) in [7, 11) is 1.65. The number of H-pyrrole nitrogens is 1. The van der Waals surface area contributed by atoms with Crippen LogP contribution in [0.4, 0.5) is 0 Å². The van der Waals surface area contributed by atoms with Crippen LogP contribution < -0.4 is 10.1 Å². The third kappa shape index (κ3) is 2.96. The van der Waals surface area contributed by atoms with Gasteiger partial charge in [0, 0.05) is 23.0 Å². The summed E-state index contributed by atoms with van der Waals surface area (Å²) in [6.45, 7) is 1.99. The Kier molecular flexibility index (Phi) is 4.36. The quantitative estimate of drug-likeness (QED) is 0.844. The number of fused-ring (bicyclic) bond motifs is 1. The van der Waals surface area contributed by atoms with Gasteiger partial charge in [-0.2, -0.15) is 0 Å². The Balaban J connectivity index is 1.82. The van der Waals surface area contributed by atoms with Gasteiger partial charge < -0.3 is 15.0 Å². The fraction of sp³-hybridized carbons (Fsp3) is 0.500. The molecule has 1 heterocycles. The van der Waals surface area contributed by atoms with Gasteiger partial charge in [-0.25, -0.2) is 0 Å². The molecule has 0 atom stereocenters. The largest absolute Gasteiger partial charge is 0.497 e. The maximum atomic E-state index is 12.6. The molecule has 0 unspecified atom stereocenters. The molecule has 1 saturated carbocycles. The highest BCUT2D eigenvalue weighted by Crippen LogP contribution is 2.26. The van der Waals surface area contributed by atoms with Gasteiger partial charge in [0.05, 0.1) is 7.11 Å². The molecule has 2 aromatic rings. The first-order chi connectivity index (χ1) is 10.7. The van der Waals surface area contributed by atoms with Crippen LogP contribution in [0.15, 0.2) is 18.2 Å². The number of hydrogen-bond acceptors (Lipinski definition) is 2. The Labute approximate surface area is 131 Å². The molecule has 1 fully saturated rings. The summed E-state index contributed by atoms with van der Waals surface area (Å²) in [6.07, 6.45) is 7.20. The lowest BCUT2D eigenvalue weighted by Crippen LogP contribution is -2.34. The van der Waals surface area contributed by atoms with E-state index >= 15 is 0 Å². The number of nitrogens with one attached hydrogen (secondary N) is 2. The monoisotopic (exact) mass is 300 g/mol. The van der Waals surface area contributed by atoms with E-state index in [1.54, 1.807) is 7.11 Å². The van der Waals surface area contributed by atoms with Crippen LogP contribution in [0, 0.1) is 6.92 Å². The maximum Gasteiger partial charge on any atom is 0.268 e. The molecule has 1 aromatic heterocycles. The van der Waals surface area contributed by atoms with Gasteiger partial charge >= 0.3 is 0 Å². The molecule has 0 spiro atoms. The molecule has 1 aliphatic carbocycles. The van der Waals surface area contributed by atoms with Crippen molar-refractivity contribution < 1.29 is 9.53 Å². The number of amides is 1. The summed E-state index contributed by atoms with van der Waals surface area (Å²) in [5.74, 6) is 0.809. The van der Waals surface area contributed by atoms with Gasteiger partial charge in [0.15, 0.2) is 0 Å². The Hall–Kier alpha value is -1.97. The van der Waals surface area contributed by atoms with E-state index < -0.39 is 0 Å². The van der Waals surface area contributed by atoms with Crippen molar-refractivity contribution in [1.82, 2.24) is 10.3 Å². The summed E-state index contributed by atoms with van der Waals surface area (Å²) in [5.41, 5.74) is 2.62. The minimum absolute atomic E-state index is 0.0135. The number of methoxy groups -OCH3 is 1. The zero-order valence-electron chi connectivity index (χ0n) is 13.4. The second-order valence-corrected chi connectivity index (χ2v) is 6.20. The molecular formula is C18H24N2O2. The van der Waals surface area contributed by atoms with Gasteiger partial charge in [0.2, 0.25) is 0 Å². The highest BCUT2D eigenvalue weighted by molar-refractivity contribution is 6.01. The zero-order chi connectivity index (χ0) is 15.5. The smallest absolute Gasteiger partial charge is 0.268 e. The van der Waals surface area contributed by atoms with E-state index in [0.717, 1.165) is 35.1 Å². The number of carbonyl (C=O) groups excluding carboxylic acids is 1. The lowest BCUT2D eigenvalue weighted by molar-refractivity contribution is 0.0928. The number of carbonyl (C=O) groups is 1. The molecule has 0 radical (unpaired) electrons. The SMILES string of the molecule is COc1ccc2c(C)c(C(=O)NC3CCCCCC3)[nH]c2c1. The molecule has 4 heteroatoms. The van der Waals surface area contributed by atoms with Crippen LogP contribution in [0.2, 0.25) is 0 Å². The van der Waals surface area contributed by atoms with Crippen molar-refractivity contribution in [2.75, 3.05) is 7.11 Å². The molecule has 1 aliphatic rings. The molecule has 1 aromatic carbocycles. The minimum atomic E-state index is 0.0135. The summed E-state index contributed by atoms with van der Waals surface area (Å²) >= 11 is 0. The Morgan fingerprint density at radius 1 is 1.23 bits per heavy atom. The van der Waals surface area contributed by atoms with Crippen molar-refractivity contribution in [1.29, 1.82) is 0 Å². The first-order valence-electron chi connectivity index (χ1n) is 8.16. The molecule has 1 amide bonds. The van der Waals surface area contributed by atoms with Crippen LogP contribution in [-0.2, 0) is 0 Å². The van der Waals surface area contributed by atoms with Crippen molar-refractivity contribution in [3.05, 3.63) is 29.5 Å². The van der Waals surface area contributed by atoms with E-state index in [9.17, 15) is 4.79 Å². The highest BCUT2D eigenvalue weighted by Gasteiger charge is 2.19. The third-order valence-corrected chi connectivity index (χ3v) is 4.68. The maximum absolute atomic E-state index is 12.6. The predicted octanol–water partition coefficient (Wildman–Crippen LogP) is 3.94. The fourth-order valence-corrected chi connectivity index (χ4v) is 3.35. The predicted molar refractivity (Wildman–Crippen MR) is 88.5 cm³/mol. The summed E-state index contributed by atoms with van der Waals surface area (Å²) < 4.78 is 5.25. The number of hydrogen-bond donors (Lipinski definition) is 2. The Morgan fingerprint density at radius 2 is 1.95 bits per heavy atom. The van der Waals surface area contributed by atoms with Crippen molar-refractivity contribution in [2.24, 2.45) is 0 Å². The zero-order valence-corrected chi connectivity index (χ0v) is 13.4. The third-order valence-electron chi connectivity index (χ3n) is 4.68. The normalized spacial score (nSPS) is 16.5. The number of aryl methyl sites for hydroxylation is 1. The van der Waals surface area contributed by atoms with Crippen molar-refractivity contribution >= 4 is 16.8 Å². The van der Waals surface area contributed by atoms with Gasteiger partial charge in [-0.3, -0.25) is 4.79 Å². The van der Waals surface area contributed by atoms with Crippen LogP contribution >= 0.6 is 0 Å². The number of rotatable bonds is 3. The molecule has 0 bridgehead atoms. The van der Waals surface area contributed by atoms with Crippen LogP contribution in [0.25, 0.3) is 10.9 Å². The van der Waals surface area contributed by atoms with E-state index in [-0.39, 0.29) is 5.91 Å². The molecule has 118 valence electrons. The van der Waals surface area contributed by atoms with E-state index in [2.05, 4.69) is 10.3 Å². The van der Waals surface area contributed by atoms with Gasteiger partial charge in [0.1, 0.15) is 11.4 Å². The lowest BCUT2D eigenvalue weighted by Gasteiger charge is -2.15. The first-order valence-corrected chi connectivity index (χ1v) is 8.16. The summed E-state index contributed by atoms with van der Waals surface area (Å²) in [4.78, 5) is 15.8. The number of aromatic amines is 1. The Bertz CT molecular complexity index is 667. The number of aromatic nitrogens is 1. The van der Waals surface area contributed by atoms with Gasteiger partial charge in [-0.05, 0) is 37.5 Å². The second kappa shape index (κ2) is 6.42. The average Bonchev–Trinajstić information content (AvgIpc) is 2.70. The van der Waals surface area contributed by atoms with Crippen LogP contribution in [0.3, 0.4) is 0 Å². The first kappa shape index (κ1) is 14.9. The Morgan fingerprint density at radius 3 is 2.64 bits per heavy atom. The van der Waals surface area contributed by atoms with Gasteiger partial charge in [0.25, 0.3) is 5.91 Å². The minimum Gasteiger partial charge on any atom is -0.497 e. The van der Waals surface area contributed by atoms with Gasteiger partial charge in [-0.1, -0.05) is 25.7 Å². The van der Waals surface area contributed by atoms with Crippen LogP contribution in [0.1, 0.15) is 54.6 Å². The van der Waals surface area contributed by atoms with E-state index in [1.165, 1.54) is 25.7 Å². The number of ether oxygens (including phenoxy) is 1. The van der Waals surface area contributed by atoms with Crippen LogP contribution in [0.5, 0.6) is 5.75 Å². The molecule has 0 aliphatic heterocycles. The second-order valence-electron chi connectivity index (χ2n) is 6.20. The molecule has 22 heavy (non-hydrogen) atoms. The van der Waals surface area contributed by atoms with E-state index in [4.69, 9.17) is 4.74 Å². The van der Waals surface area contributed by atoms with Gasteiger partial charge in [-0.15, -0.1) is 0 Å². The molecule has 3 rings (SSSR count). The molecule has 2 N–H and O–H groups in total. The lowest BCUT2D eigenvalue weighted by atomic mass is 10.1. The summed E-state index contributed by atoms with van der Waals surface area (Å²) in [6, 6.07) is 6.18. The number of benzene rings is 1. The molecule has 0 saturated heterocycles. The van der Waals surface area contributed by atoms with Crippen molar-refractivity contribution in [3.63, 3.8) is 0 Å². The molecule has 4 nitrogen and oxygen atoms in total. The highest BCUT2D eigenvalue weighted by atomic mass is 16.5. The molecular weight excluding hydrogens is 276 g/mol. The van der Waals surface area contributed by atoms with E-state index in [0.29, 0.717) is 11.7 Å². The fourth-order valence-electron chi connectivity index (χ4n) is 3.35. The van der Waals surface area contributed by atoms with Crippen molar-refractivity contribution in [3.8, 4) is 5.75 Å². The summed E-state index contributed by atoms with van der Waals surface area (Å²) in [5, 5.41) is 4.28. The average molecular weight is 300 g/mol. The standard InChI is InChI=1S/C18H24N2O2/c1-12-15-10-9-14(22-2)11-16(15)20-17(12)18(21)19-13-7-5-3-4-6-8-13/h9-11,13,20H,3-8H2,1-2H3,(H,19,21). The van der Waals surface area contributed by atoms with Crippen LogP contribution in [-0.4, -0.2) is 24.0 Å². The topological polar surface area (TPSA) is 54.1 Å².